The molecule has 2 unspecified atom stereocenters. The molecule has 0 N–H and O–H groups in total. The Balaban J connectivity index is 1.62. The number of amides is 1. The number of carbonyl (C=O) groups is 1. The third-order valence-corrected chi connectivity index (χ3v) is 7.01. The predicted molar refractivity (Wildman–Crippen MR) is 93.1 cm³/mol. The van der Waals surface area contributed by atoms with Crippen molar-refractivity contribution in [2.24, 2.45) is 22.2 Å². The van der Waals surface area contributed by atoms with E-state index in [9.17, 15) is 4.79 Å². The Morgan fingerprint density at radius 3 is 2.42 bits per heavy atom. The number of hydrogen-bond acceptors (Lipinski definition) is 3. The summed E-state index contributed by atoms with van der Waals surface area (Å²) in [5, 5.41) is 0. The van der Waals surface area contributed by atoms with Crippen molar-refractivity contribution in [1.82, 2.24) is 14.9 Å². The van der Waals surface area contributed by atoms with Gasteiger partial charge in [0.15, 0.2) is 0 Å². The minimum atomic E-state index is -0.140. The van der Waals surface area contributed by atoms with Gasteiger partial charge in [0.05, 0.1) is 17.2 Å². The molecule has 1 aromatic heterocycles. The van der Waals surface area contributed by atoms with Crippen molar-refractivity contribution in [2.45, 2.75) is 65.3 Å². The fourth-order valence-corrected chi connectivity index (χ4v) is 6.98. The molecular weight excluding hydrogens is 298 g/mol. The van der Waals surface area contributed by atoms with Crippen LogP contribution in [0.2, 0.25) is 0 Å². The Kier molecular flexibility index (Phi) is 3.36. The fraction of sp³-hybridized carbons (Fsp3) is 0.750. The van der Waals surface area contributed by atoms with E-state index in [1.54, 1.807) is 12.5 Å². The van der Waals surface area contributed by atoms with Crippen LogP contribution in [0, 0.1) is 22.2 Å². The van der Waals surface area contributed by atoms with Crippen molar-refractivity contribution >= 4 is 5.91 Å². The predicted octanol–water partition coefficient (Wildman–Crippen LogP) is 3.99. The lowest BCUT2D eigenvalue weighted by atomic mass is 9.40. The van der Waals surface area contributed by atoms with Crippen molar-refractivity contribution in [3.05, 3.63) is 24.3 Å². The molecule has 0 aliphatic heterocycles. The molecule has 0 radical (unpaired) electrons. The van der Waals surface area contributed by atoms with Crippen LogP contribution in [0.15, 0.2) is 18.6 Å². The highest BCUT2D eigenvalue weighted by Gasteiger charge is 2.63. The Morgan fingerprint density at radius 1 is 1.21 bits per heavy atom. The summed E-state index contributed by atoms with van der Waals surface area (Å²) in [5.74, 6) is 1.08. The molecule has 4 aliphatic carbocycles. The van der Waals surface area contributed by atoms with Crippen LogP contribution in [0.25, 0.3) is 0 Å². The summed E-state index contributed by atoms with van der Waals surface area (Å²) in [4.78, 5) is 23.9. The minimum absolute atomic E-state index is 0.00545. The molecule has 4 saturated carbocycles. The molecule has 4 heteroatoms. The first kappa shape index (κ1) is 16.0. The maximum atomic E-state index is 13.6. The van der Waals surface area contributed by atoms with Crippen LogP contribution in [0.1, 0.15) is 71.0 Å². The van der Waals surface area contributed by atoms with E-state index in [1.807, 2.05) is 18.0 Å². The van der Waals surface area contributed by atoms with Crippen LogP contribution < -0.4 is 0 Å². The summed E-state index contributed by atoms with van der Waals surface area (Å²) in [6.45, 7) is 6.92. The Labute approximate surface area is 145 Å². The zero-order valence-electron chi connectivity index (χ0n) is 15.4. The summed E-state index contributed by atoms with van der Waals surface area (Å²) < 4.78 is 0. The van der Waals surface area contributed by atoms with E-state index in [0.29, 0.717) is 16.7 Å². The van der Waals surface area contributed by atoms with E-state index in [4.69, 9.17) is 0 Å². The molecule has 4 nitrogen and oxygen atoms in total. The van der Waals surface area contributed by atoms with Crippen LogP contribution in [-0.4, -0.2) is 27.8 Å². The van der Waals surface area contributed by atoms with Gasteiger partial charge in [0.25, 0.3) is 0 Å². The van der Waals surface area contributed by atoms with Crippen molar-refractivity contribution in [3.63, 3.8) is 0 Å². The molecule has 5 rings (SSSR count). The summed E-state index contributed by atoms with van der Waals surface area (Å²) in [6, 6.07) is 1.91. The number of carbonyl (C=O) groups excluding carboxylic acids is 1. The molecule has 4 bridgehead atoms. The number of aromatic nitrogens is 2. The van der Waals surface area contributed by atoms with Gasteiger partial charge >= 0.3 is 0 Å². The average Bonchev–Trinajstić information content (AvgIpc) is 2.50. The van der Waals surface area contributed by atoms with Gasteiger partial charge in [0, 0.05) is 13.2 Å². The quantitative estimate of drug-likeness (QED) is 0.843. The molecule has 1 aromatic rings. The second-order valence-electron chi connectivity index (χ2n) is 9.64. The molecule has 4 fully saturated rings. The second kappa shape index (κ2) is 5.03. The molecule has 0 saturated heterocycles. The van der Waals surface area contributed by atoms with Gasteiger partial charge in [0.1, 0.15) is 6.33 Å². The Bertz CT molecular complexity index is 640. The smallest absolute Gasteiger partial charge is 0.229 e. The van der Waals surface area contributed by atoms with Gasteiger partial charge in [-0.25, -0.2) is 9.97 Å². The maximum absolute atomic E-state index is 13.6. The van der Waals surface area contributed by atoms with Crippen LogP contribution in [0.5, 0.6) is 0 Å². The van der Waals surface area contributed by atoms with E-state index >= 15 is 0 Å². The molecular formula is C20H29N3O. The van der Waals surface area contributed by atoms with Gasteiger partial charge in [0.2, 0.25) is 5.91 Å². The maximum Gasteiger partial charge on any atom is 0.229 e. The molecule has 0 aromatic carbocycles. The number of nitrogens with zero attached hydrogens (tertiary/aromatic N) is 3. The van der Waals surface area contributed by atoms with Crippen molar-refractivity contribution < 1.29 is 4.79 Å². The average molecular weight is 327 g/mol. The highest BCUT2D eigenvalue weighted by Crippen LogP contribution is 2.69. The summed E-state index contributed by atoms with van der Waals surface area (Å²) >= 11 is 0. The van der Waals surface area contributed by atoms with Crippen LogP contribution in [0.4, 0.5) is 0 Å². The largest absolute Gasteiger partial charge is 0.337 e. The van der Waals surface area contributed by atoms with Gasteiger partial charge in [-0.3, -0.25) is 4.79 Å². The van der Waals surface area contributed by atoms with Gasteiger partial charge in [-0.2, -0.15) is 0 Å². The lowest BCUT2D eigenvalue weighted by Gasteiger charge is -2.65. The lowest BCUT2D eigenvalue weighted by Crippen LogP contribution is -2.60. The molecule has 1 heterocycles. The highest BCUT2D eigenvalue weighted by molar-refractivity contribution is 5.83. The normalized spacial score (nSPS) is 41.2. The second-order valence-corrected chi connectivity index (χ2v) is 9.64. The summed E-state index contributed by atoms with van der Waals surface area (Å²) in [7, 11) is 1.96. The van der Waals surface area contributed by atoms with Crippen LogP contribution in [0.3, 0.4) is 0 Å². The minimum Gasteiger partial charge on any atom is -0.337 e. The van der Waals surface area contributed by atoms with Crippen molar-refractivity contribution in [2.75, 3.05) is 7.05 Å². The van der Waals surface area contributed by atoms with Crippen molar-refractivity contribution in [3.8, 4) is 0 Å². The van der Waals surface area contributed by atoms with Crippen LogP contribution in [-0.2, 0) is 4.79 Å². The summed E-state index contributed by atoms with van der Waals surface area (Å²) in [6.07, 6.45) is 10.5. The zero-order valence-corrected chi connectivity index (χ0v) is 15.4. The number of hydrogen-bond donors (Lipinski definition) is 0. The van der Waals surface area contributed by atoms with E-state index in [2.05, 4.69) is 30.7 Å². The molecule has 1 amide bonds. The zero-order chi connectivity index (χ0) is 17.2. The topological polar surface area (TPSA) is 46.1 Å². The van der Waals surface area contributed by atoms with Gasteiger partial charge in [-0.1, -0.05) is 13.8 Å². The molecule has 0 spiro atoms. The molecule has 5 atom stereocenters. The number of rotatable bonds is 3. The third-order valence-electron chi connectivity index (χ3n) is 7.01. The summed E-state index contributed by atoms with van der Waals surface area (Å²) in [5.41, 5.74) is 1.51. The van der Waals surface area contributed by atoms with E-state index in [1.165, 1.54) is 19.3 Å². The van der Waals surface area contributed by atoms with Gasteiger partial charge in [-0.15, -0.1) is 0 Å². The highest BCUT2D eigenvalue weighted by atomic mass is 16.2. The van der Waals surface area contributed by atoms with E-state index < -0.39 is 0 Å². The first-order chi connectivity index (χ1) is 11.2. The Morgan fingerprint density at radius 2 is 1.88 bits per heavy atom. The fourth-order valence-electron chi connectivity index (χ4n) is 6.98. The van der Waals surface area contributed by atoms with Gasteiger partial charge < -0.3 is 4.90 Å². The van der Waals surface area contributed by atoms with Crippen molar-refractivity contribution in [1.29, 1.82) is 0 Å². The van der Waals surface area contributed by atoms with Gasteiger partial charge in [-0.05, 0) is 68.3 Å². The molecule has 130 valence electrons. The first-order valence-electron chi connectivity index (χ1n) is 9.28. The van der Waals surface area contributed by atoms with E-state index in [0.717, 1.165) is 30.9 Å². The third kappa shape index (κ3) is 2.37. The van der Waals surface area contributed by atoms with E-state index in [-0.39, 0.29) is 11.5 Å². The Hall–Kier alpha value is -1.45. The SMILES string of the molecule is C[C@@H](c1ccncn1)N(C)C(=O)C12CC3C[C@@](C)(C1)C[C@](C)(C3)C2. The van der Waals surface area contributed by atoms with Crippen LogP contribution >= 0.6 is 0 Å². The standard InChI is InChI=1S/C20H29N3O/c1-14(16-5-6-21-13-22-16)23(4)17(24)20-9-15-7-18(2,11-20)10-19(3,8-15)12-20/h5-6,13-15H,7-12H2,1-4H3/t14-,15?,18-,19+,20?/m0/s1. The molecule has 24 heavy (non-hydrogen) atoms. The monoisotopic (exact) mass is 327 g/mol. The lowest BCUT2D eigenvalue weighted by molar-refractivity contribution is -0.180. The first-order valence-corrected chi connectivity index (χ1v) is 9.28. The molecule has 4 aliphatic rings.